The third kappa shape index (κ3) is 4.89. The molecule has 0 saturated heterocycles. The largest absolute Gasteiger partial charge is 0.490 e. The molecule has 0 fully saturated rings. The smallest absolute Gasteiger partial charge is 0.134 e. The number of aliphatic hydroxyl groups is 4. The predicted molar refractivity (Wildman–Crippen MR) is 86.3 cm³/mol. The minimum atomic E-state index is -1.10. The topological polar surface area (TPSA) is 102 Å². The van der Waals surface area contributed by atoms with Crippen molar-refractivity contribution >= 4 is 0 Å². The maximum atomic E-state index is 10.0. The van der Waals surface area contributed by atoms with Crippen LogP contribution in [0.2, 0.25) is 0 Å². The zero-order valence-corrected chi connectivity index (χ0v) is 13.9. The number of aliphatic hydroxyl groups excluding tert-OH is 4. The highest BCUT2D eigenvalue weighted by molar-refractivity contribution is 5.43. The van der Waals surface area contributed by atoms with Crippen LogP contribution >= 0.6 is 0 Å². The molecule has 6 nitrogen and oxygen atoms in total. The van der Waals surface area contributed by atoms with Gasteiger partial charge in [-0.3, -0.25) is 5.32 Å². The van der Waals surface area contributed by atoms with Gasteiger partial charge in [0.15, 0.2) is 0 Å². The summed E-state index contributed by atoms with van der Waals surface area (Å²) in [5.74, 6) is 0.565. The van der Waals surface area contributed by atoms with E-state index in [9.17, 15) is 20.4 Å². The van der Waals surface area contributed by atoms with E-state index in [1.165, 1.54) is 0 Å². The second kappa shape index (κ2) is 7.15. The van der Waals surface area contributed by atoms with Gasteiger partial charge in [0.1, 0.15) is 24.7 Å². The van der Waals surface area contributed by atoms with Crippen LogP contribution in [0.25, 0.3) is 0 Å². The van der Waals surface area contributed by atoms with Gasteiger partial charge in [0.25, 0.3) is 0 Å². The average Bonchev–Trinajstić information content (AvgIpc) is 2.44. The van der Waals surface area contributed by atoms with Gasteiger partial charge >= 0.3 is 0 Å². The number of nitrogens with one attached hydrogen (secondary N) is 1. The molecule has 0 saturated carbocycles. The molecule has 4 unspecified atom stereocenters. The number of hydrogen-bond acceptors (Lipinski definition) is 6. The van der Waals surface area contributed by atoms with E-state index in [4.69, 9.17) is 4.74 Å². The average molecular weight is 325 g/mol. The molecule has 0 radical (unpaired) electrons. The molecule has 5 N–H and O–H groups in total. The Morgan fingerprint density at radius 3 is 2.48 bits per heavy atom. The Morgan fingerprint density at radius 2 is 1.83 bits per heavy atom. The summed E-state index contributed by atoms with van der Waals surface area (Å²) in [6.07, 6.45) is -3.06. The monoisotopic (exact) mass is 325 g/mol. The molecule has 0 aliphatic heterocycles. The van der Waals surface area contributed by atoms with E-state index in [2.05, 4.69) is 5.32 Å². The highest BCUT2D eigenvalue weighted by atomic mass is 16.5. The molecular weight excluding hydrogens is 298 g/mol. The highest BCUT2D eigenvalue weighted by Gasteiger charge is 2.28. The van der Waals surface area contributed by atoms with Crippen LogP contribution in [0.5, 0.6) is 5.75 Å². The summed E-state index contributed by atoms with van der Waals surface area (Å²) in [5, 5.41) is 42.4. The summed E-state index contributed by atoms with van der Waals surface area (Å²) in [6.45, 7) is 5.61. The van der Waals surface area contributed by atoms with Crippen LogP contribution in [0.15, 0.2) is 18.2 Å². The molecule has 4 atom stereocenters. The van der Waals surface area contributed by atoms with Crippen molar-refractivity contribution in [3.05, 3.63) is 29.3 Å². The lowest BCUT2D eigenvalue weighted by molar-refractivity contribution is -0.0373. The lowest BCUT2D eigenvalue weighted by Crippen LogP contribution is -2.51. The zero-order valence-electron chi connectivity index (χ0n) is 13.9. The third-order valence-corrected chi connectivity index (χ3v) is 3.87. The predicted octanol–water partition coefficient (Wildman–Crippen LogP) is -0.0468. The maximum Gasteiger partial charge on any atom is 0.134 e. The molecule has 0 spiro atoms. The van der Waals surface area contributed by atoms with Crippen molar-refractivity contribution in [2.45, 2.75) is 63.7 Å². The van der Waals surface area contributed by atoms with Gasteiger partial charge in [0, 0.05) is 23.9 Å². The number of rotatable bonds is 5. The minimum Gasteiger partial charge on any atom is -0.490 e. The fourth-order valence-electron chi connectivity index (χ4n) is 2.68. The standard InChI is InChI=1S/C17H27NO5/c1-17(2,3)18-16(22)14(21)9-23-15-6-4-5-10-7-12(19)13(20)8-11(10)15/h4-6,12-14,16,18-22H,7-9H2,1-3H3. The molecule has 1 aliphatic rings. The third-order valence-electron chi connectivity index (χ3n) is 3.87. The number of hydrogen-bond donors (Lipinski definition) is 5. The number of ether oxygens (including phenoxy) is 1. The first kappa shape index (κ1) is 18.2. The zero-order chi connectivity index (χ0) is 17.2. The molecule has 2 rings (SSSR count). The fraction of sp³-hybridized carbons (Fsp3) is 0.647. The van der Waals surface area contributed by atoms with Gasteiger partial charge in [0.2, 0.25) is 0 Å². The van der Waals surface area contributed by atoms with Gasteiger partial charge in [-0.2, -0.15) is 0 Å². The Labute approximate surface area is 136 Å². The van der Waals surface area contributed by atoms with Crippen molar-refractivity contribution in [2.24, 2.45) is 0 Å². The van der Waals surface area contributed by atoms with Gasteiger partial charge in [0.05, 0.1) is 12.2 Å². The summed E-state index contributed by atoms with van der Waals surface area (Å²) < 4.78 is 5.64. The van der Waals surface area contributed by atoms with E-state index in [1.54, 1.807) is 6.07 Å². The summed E-state index contributed by atoms with van der Waals surface area (Å²) in [4.78, 5) is 0. The first-order valence-electron chi connectivity index (χ1n) is 7.91. The Bertz CT molecular complexity index is 528. The van der Waals surface area contributed by atoms with E-state index in [0.717, 1.165) is 11.1 Å². The highest BCUT2D eigenvalue weighted by Crippen LogP contribution is 2.30. The Balaban J connectivity index is 2.00. The summed E-state index contributed by atoms with van der Waals surface area (Å²) in [6, 6.07) is 5.47. The SMILES string of the molecule is CC(C)(C)NC(O)C(O)COc1cccc2c1CC(O)C(O)C2. The Hall–Kier alpha value is -1.18. The number of fused-ring (bicyclic) bond motifs is 1. The molecule has 1 aliphatic carbocycles. The quantitative estimate of drug-likeness (QED) is 0.487. The molecule has 6 heteroatoms. The van der Waals surface area contributed by atoms with Crippen molar-refractivity contribution in [3.63, 3.8) is 0 Å². The molecular formula is C17H27NO5. The van der Waals surface area contributed by atoms with Crippen molar-refractivity contribution in [3.8, 4) is 5.75 Å². The van der Waals surface area contributed by atoms with E-state index < -0.39 is 24.5 Å². The second-order valence-electron chi connectivity index (χ2n) is 7.15. The van der Waals surface area contributed by atoms with Gasteiger partial charge in [-0.1, -0.05) is 12.1 Å². The van der Waals surface area contributed by atoms with Crippen molar-refractivity contribution in [1.82, 2.24) is 5.32 Å². The normalized spacial score (nSPS) is 24.0. The van der Waals surface area contributed by atoms with Crippen LogP contribution in [-0.2, 0) is 12.8 Å². The molecule has 23 heavy (non-hydrogen) atoms. The molecule has 130 valence electrons. The van der Waals surface area contributed by atoms with Crippen molar-refractivity contribution in [1.29, 1.82) is 0 Å². The summed E-state index contributed by atoms with van der Waals surface area (Å²) >= 11 is 0. The lowest BCUT2D eigenvalue weighted by atomic mass is 9.87. The molecule has 0 heterocycles. The second-order valence-corrected chi connectivity index (χ2v) is 7.15. The summed E-state index contributed by atoms with van der Waals surface area (Å²) in [5.41, 5.74) is 1.45. The number of benzene rings is 1. The maximum absolute atomic E-state index is 10.0. The minimum absolute atomic E-state index is 0.0701. The van der Waals surface area contributed by atoms with E-state index in [0.29, 0.717) is 18.6 Å². The first-order chi connectivity index (χ1) is 10.7. The molecule has 0 aromatic heterocycles. The van der Waals surface area contributed by atoms with Crippen LogP contribution in [0.3, 0.4) is 0 Å². The van der Waals surface area contributed by atoms with Gasteiger partial charge in [-0.15, -0.1) is 0 Å². The first-order valence-corrected chi connectivity index (χ1v) is 7.91. The Kier molecular flexibility index (Phi) is 5.65. The van der Waals surface area contributed by atoms with E-state index in [1.807, 2.05) is 32.9 Å². The van der Waals surface area contributed by atoms with Gasteiger partial charge in [-0.25, -0.2) is 0 Å². The fourth-order valence-corrected chi connectivity index (χ4v) is 2.68. The van der Waals surface area contributed by atoms with E-state index >= 15 is 0 Å². The van der Waals surface area contributed by atoms with Crippen LogP contribution in [0, 0.1) is 0 Å². The van der Waals surface area contributed by atoms with Crippen molar-refractivity contribution in [2.75, 3.05) is 6.61 Å². The van der Waals surface area contributed by atoms with Crippen molar-refractivity contribution < 1.29 is 25.2 Å². The van der Waals surface area contributed by atoms with Crippen LogP contribution in [-0.4, -0.2) is 57.1 Å². The lowest BCUT2D eigenvalue weighted by Gasteiger charge is -2.29. The van der Waals surface area contributed by atoms with Crippen LogP contribution in [0.1, 0.15) is 31.9 Å². The molecule has 0 bridgehead atoms. The molecule has 1 aromatic carbocycles. The van der Waals surface area contributed by atoms with Crippen LogP contribution < -0.4 is 10.1 Å². The van der Waals surface area contributed by atoms with Crippen LogP contribution in [0.4, 0.5) is 0 Å². The Morgan fingerprint density at radius 1 is 1.17 bits per heavy atom. The van der Waals surface area contributed by atoms with Gasteiger partial charge in [-0.05, 0) is 32.4 Å². The van der Waals surface area contributed by atoms with E-state index in [-0.39, 0.29) is 12.1 Å². The molecule has 0 amide bonds. The summed E-state index contributed by atoms with van der Waals surface area (Å²) in [7, 11) is 0. The molecule has 1 aromatic rings. The van der Waals surface area contributed by atoms with Gasteiger partial charge < -0.3 is 25.2 Å².